The molecule has 1 unspecified atom stereocenters. The fraction of sp³-hybridized carbons (Fsp3) is 0.389. The maximum Gasteiger partial charge on any atom is 0.223 e. The molecular weight excluding hydrogens is 292 g/mol. The van der Waals surface area contributed by atoms with Crippen LogP contribution in [0.5, 0.6) is 0 Å². The zero-order chi connectivity index (χ0) is 14.9. The smallest absolute Gasteiger partial charge is 0.223 e. The molecule has 1 fully saturated rings. The predicted molar refractivity (Wildman–Crippen MR) is 90.3 cm³/mol. The van der Waals surface area contributed by atoms with Crippen molar-refractivity contribution in [3.63, 3.8) is 0 Å². The third kappa shape index (κ3) is 2.63. The van der Waals surface area contributed by atoms with Crippen molar-refractivity contribution in [3.8, 4) is 0 Å². The van der Waals surface area contributed by atoms with Gasteiger partial charge in [0.1, 0.15) is 0 Å². The minimum atomic E-state index is 0.231. The number of rotatable bonds is 5. The van der Waals surface area contributed by atoms with E-state index in [4.69, 9.17) is 0 Å². The van der Waals surface area contributed by atoms with Gasteiger partial charge in [0.15, 0.2) is 0 Å². The molecule has 4 rings (SSSR count). The second kappa shape index (κ2) is 5.76. The first kappa shape index (κ1) is 13.8. The van der Waals surface area contributed by atoms with Crippen LogP contribution in [0.3, 0.4) is 0 Å². The van der Waals surface area contributed by atoms with Gasteiger partial charge in [-0.25, -0.2) is 0 Å². The molecule has 1 aliphatic heterocycles. The van der Waals surface area contributed by atoms with E-state index in [1.807, 2.05) is 0 Å². The van der Waals surface area contributed by atoms with E-state index in [1.54, 1.807) is 11.3 Å². The van der Waals surface area contributed by atoms with Gasteiger partial charge in [0, 0.05) is 29.6 Å². The van der Waals surface area contributed by atoms with Gasteiger partial charge in [-0.05, 0) is 42.3 Å². The molecule has 114 valence electrons. The summed E-state index contributed by atoms with van der Waals surface area (Å²) in [5.41, 5.74) is 2.74. The van der Waals surface area contributed by atoms with Crippen molar-refractivity contribution in [1.29, 1.82) is 0 Å². The normalized spacial score (nSPS) is 18.1. The summed E-state index contributed by atoms with van der Waals surface area (Å²) >= 11 is 1.78. The van der Waals surface area contributed by atoms with Crippen molar-refractivity contribution in [2.45, 2.75) is 25.3 Å². The van der Waals surface area contributed by atoms with Crippen molar-refractivity contribution < 1.29 is 4.79 Å². The molecule has 1 atom stereocenters. The molecule has 2 heterocycles. The van der Waals surface area contributed by atoms with Crippen molar-refractivity contribution >= 4 is 22.9 Å². The van der Waals surface area contributed by atoms with Crippen LogP contribution in [0.1, 0.15) is 29.3 Å². The largest absolute Gasteiger partial charge is 0.361 e. The molecule has 0 radical (unpaired) electrons. The molecule has 0 bridgehead atoms. The molecule has 1 N–H and O–H groups in total. The number of hydrogen-bond donors (Lipinski definition) is 1. The molecule has 0 saturated heterocycles. The first-order valence-electron chi connectivity index (χ1n) is 7.98. The number of amides is 1. The molecule has 0 spiro atoms. The van der Waals surface area contributed by atoms with Crippen LogP contribution in [0, 0.1) is 5.92 Å². The van der Waals surface area contributed by atoms with E-state index in [-0.39, 0.29) is 17.9 Å². The van der Waals surface area contributed by atoms with E-state index in [9.17, 15) is 4.79 Å². The number of benzene rings is 1. The van der Waals surface area contributed by atoms with Crippen molar-refractivity contribution in [1.82, 2.24) is 5.32 Å². The van der Waals surface area contributed by atoms with E-state index in [0.29, 0.717) is 6.54 Å². The molecule has 4 heteroatoms. The zero-order valence-electron chi connectivity index (χ0n) is 12.5. The molecule has 1 aromatic carbocycles. The van der Waals surface area contributed by atoms with Crippen LogP contribution < -0.4 is 10.2 Å². The summed E-state index contributed by atoms with van der Waals surface area (Å²) in [6.07, 6.45) is 3.21. The SMILES string of the molecule is O=C(NCC(c1cccs1)N1CCc2ccccc21)C1CC1. The molecule has 1 aromatic heterocycles. The van der Waals surface area contributed by atoms with Gasteiger partial charge in [-0.2, -0.15) is 0 Å². The second-order valence-electron chi connectivity index (χ2n) is 6.12. The van der Waals surface area contributed by atoms with E-state index in [2.05, 4.69) is 52.0 Å². The summed E-state index contributed by atoms with van der Waals surface area (Å²) < 4.78 is 0. The first-order valence-corrected chi connectivity index (χ1v) is 8.86. The third-order valence-corrected chi connectivity index (χ3v) is 5.56. The molecule has 1 saturated carbocycles. The number of fused-ring (bicyclic) bond motifs is 1. The number of carbonyl (C=O) groups is 1. The van der Waals surface area contributed by atoms with Crippen LogP contribution in [0.2, 0.25) is 0 Å². The topological polar surface area (TPSA) is 32.3 Å². The summed E-state index contributed by atoms with van der Waals surface area (Å²) in [6.45, 7) is 1.73. The Bertz CT molecular complexity index is 663. The summed E-state index contributed by atoms with van der Waals surface area (Å²) in [5, 5.41) is 5.28. The summed E-state index contributed by atoms with van der Waals surface area (Å²) in [6, 6.07) is 13.1. The lowest BCUT2D eigenvalue weighted by molar-refractivity contribution is -0.122. The number of carbonyl (C=O) groups excluding carboxylic acids is 1. The van der Waals surface area contributed by atoms with Gasteiger partial charge in [-0.15, -0.1) is 11.3 Å². The lowest BCUT2D eigenvalue weighted by atomic mass is 10.1. The highest BCUT2D eigenvalue weighted by Crippen LogP contribution is 2.36. The summed E-state index contributed by atoms with van der Waals surface area (Å²) in [4.78, 5) is 15.8. The van der Waals surface area contributed by atoms with E-state index in [0.717, 1.165) is 25.8 Å². The summed E-state index contributed by atoms with van der Waals surface area (Å²) in [5.74, 6) is 0.504. The third-order valence-electron chi connectivity index (χ3n) is 4.59. The standard InChI is InChI=1S/C18H20N2OS/c21-18(14-7-8-14)19-12-16(17-6-3-11-22-17)20-10-9-13-4-1-2-5-15(13)20/h1-6,11,14,16H,7-10,12H2,(H,19,21). The van der Waals surface area contributed by atoms with Crippen LogP contribution in [0.15, 0.2) is 41.8 Å². The number of thiophene rings is 1. The Morgan fingerprint density at radius 3 is 2.91 bits per heavy atom. The Morgan fingerprint density at radius 1 is 1.27 bits per heavy atom. The van der Waals surface area contributed by atoms with Crippen LogP contribution in [-0.2, 0) is 11.2 Å². The summed E-state index contributed by atoms with van der Waals surface area (Å²) in [7, 11) is 0. The van der Waals surface area contributed by atoms with E-state index < -0.39 is 0 Å². The molecular formula is C18H20N2OS. The Hall–Kier alpha value is -1.81. The van der Waals surface area contributed by atoms with Gasteiger partial charge in [0.2, 0.25) is 5.91 Å². The highest BCUT2D eigenvalue weighted by atomic mass is 32.1. The van der Waals surface area contributed by atoms with Crippen molar-refractivity contribution in [2.75, 3.05) is 18.0 Å². The molecule has 2 aliphatic rings. The average molecular weight is 312 g/mol. The van der Waals surface area contributed by atoms with E-state index in [1.165, 1.54) is 16.1 Å². The molecule has 2 aromatic rings. The van der Waals surface area contributed by atoms with Crippen LogP contribution >= 0.6 is 11.3 Å². The van der Waals surface area contributed by atoms with Gasteiger partial charge in [-0.3, -0.25) is 4.79 Å². The number of anilines is 1. The highest BCUT2D eigenvalue weighted by Gasteiger charge is 2.32. The van der Waals surface area contributed by atoms with E-state index >= 15 is 0 Å². The number of hydrogen-bond acceptors (Lipinski definition) is 3. The van der Waals surface area contributed by atoms with Gasteiger partial charge >= 0.3 is 0 Å². The minimum Gasteiger partial charge on any atom is -0.361 e. The molecule has 22 heavy (non-hydrogen) atoms. The maximum absolute atomic E-state index is 12.0. The quantitative estimate of drug-likeness (QED) is 0.918. The monoisotopic (exact) mass is 312 g/mol. The van der Waals surface area contributed by atoms with Gasteiger partial charge < -0.3 is 10.2 Å². The fourth-order valence-corrected chi connectivity index (χ4v) is 4.06. The van der Waals surface area contributed by atoms with Gasteiger partial charge in [-0.1, -0.05) is 24.3 Å². The Kier molecular flexibility index (Phi) is 3.62. The Morgan fingerprint density at radius 2 is 2.14 bits per heavy atom. The van der Waals surface area contributed by atoms with Crippen molar-refractivity contribution in [3.05, 3.63) is 52.2 Å². The van der Waals surface area contributed by atoms with Crippen LogP contribution in [-0.4, -0.2) is 19.0 Å². The van der Waals surface area contributed by atoms with Crippen molar-refractivity contribution in [2.24, 2.45) is 5.92 Å². The van der Waals surface area contributed by atoms with Gasteiger partial charge in [0.25, 0.3) is 0 Å². The molecule has 1 aliphatic carbocycles. The molecule has 1 amide bonds. The number of para-hydroxylation sites is 1. The average Bonchev–Trinajstić information content (AvgIpc) is 3.09. The maximum atomic E-state index is 12.0. The lowest BCUT2D eigenvalue weighted by Gasteiger charge is -2.30. The predicted octanol–water partition coefficient (Wildman–Crippen LogP) is 3.38. The fourth-order valence-electron chi connectivity index (χ4n) is 3.22. The Balaban J connectivity index is 1.56. The van der Waals surface area contributed by atoms with Gasteiger partial charge in [0.05, 0.1) is 6.04 Å². The second-order valence-corrected chi connectivity index (χ2v) is 7.10. The van der Waals surface area contributed by atoms with Crippen LogP contribution in [0.25, 0.3) is 0 Å². The number of nitrogens with one attached hydrogen (secondary N) is 1. The zero-order valence-corrected chi connectivity index (χ0v) is 13.3. The lowest BCUT2D eigenvalue weighted by Crippen LogP contribution is -2.37. The minimum absolute atomic E-state index is 0.231. The molecule has 3 nitrogen and oxygen atoms in total. The first-order chi connectivity index (χ1) is 10.8. The highest BCUT2D eigenvalue weighted by molar-refractivity contribution is 7.10. The Labute approximate surface area is 135 Å². The number of nitrogens with zero attached hydrogens (tertiary/aromatic N) is 1. The van der Waals surface area contributed by atoms with Crippen LogP contribution in [0.4, 0.5) is 5.69 Å².